The smallest absolute Gasteiger partial charge is 0.129 e. The molecule has 33 heavy (non-hydrogen) atoms. The topological polar surface area (TPSA) is 40.5 Å². The standard InChI is InChI=1S/C30H30O2S/c1-29(2,21-11-7-5-8-12-21)23-15-17-25(31)27(19-23)33-28-20-24(16-18-26(28)32)30(3,4)22-13-9-6-10-14-22/h5-20,31-32H,1-4H3. The summed E-state index contributed by atoms with van der Waals surface area (Å²) in [7, 11) is 0. The monoisotopic (exact) mass is 454 g/mol. The van der Waals surface area contributed by atoms with E-state index in [0.717, 1.165) is 20.9 Å². The number of hydrogen-bond acceptors (Lipinski definition) is 3. The molecule has 0 aliphatic carbocycles. The molecule has 4 rings (SSSR count). The molecular formula is C30H30O2S. The number of hydrogen-bond donors (Lipinski definition) is 2. The van der Waals surface area contributed by atoms with Gasteiger partial charge in [0.05, 0.1) is 9.79 Å². The van der Waals surface area contributed by atoms with Crippen molar-refractivity contribution < 1.29 is 10.2 Å². The van der Waals surface area contributed by atoms with Crippen LogP contribution in [0.1, 0.15) is 49.9 Å². The minimum absolute atomic E-state index is 0.208. The fourth-order valence-electron chi connectivity index (χ4n) is 4.13. The molecule has 3 heteroatoms. The van der Waals surface area contributed by atoms with Crippen molar-refractivity contribution in [2.45, 2.75) is 48.3 Å². The van der Waals surface area contributed by atoms with Crippen molar-refractivity contribution in [1.82, 2.24) is 0 Å². The minimum atomic E-state index is -0.219. The first-order valence-corrected chi connectivity index (χ1v) is 12.0. The van der Waals surface area contributed by atoms with Crippen LogP contribution in [-0.2, 0) is 10.8 Å². The SMILES string of the molecule is CC(C)(c1ccccc1)c1ccc(O)c(Sc2cc(C(C)(C)c3ccccc3)ccc2O)c1. The van der Waals surface area contributed by atoms with Gasteiger partial charge in [-0.05, 0) is 46.5 Å². The fourth-order valence-corrected chi connectivity index (χ4v) is 5.08. The van der Waals surface area contributed by atoms with E-state index in [9.17, 15) is 10.2 Å². The molecule has 0 amide bonds. The fraction of sp³-hybridized carbons (Fsp3) is 0.200. The molecule has 0 atom stereocenters. The van der Waals surface area contributed by atoms with E-state index in [2.05, 4.69) is 52.0 Å². The lowest BCUT2D eigenvalue weighted by molar-refractivity contribution is 0.458. The molecule has 0 unspecified atom stereocenters. The second-order valence-corrected chi connectivity index (χ2v) is 10.5. The van der Waals surface area contributed by atoms with E-state index in [-0.39, 0.29) is 22.3 Å². The maximum Gasteiger partial charge on any atom is 0.129 e. The maximum absolute atomic E-state index is 10.6. The van der Waals surface area contributed by atoms with Crippen molar-refractivity contribution in [3.63, 3.8) is 0 Å². The average molecular weight is 455 g/mol. The van der Waals surface area contributed by atoms with Crippen LogP contribution in [0.3, 0.4) is 0 Å². The highest BCUT2D eigenvalue weighted by molar-refractivity contribution is 7.99. The van der Waals surface area contributed by atoms with E-state index in [1.165, 1.54) is 22.9 Å². The largest absolute Gasteiger partial charge is 0.507 e. The summed E-state index contributed by atoms with van der Waals surface area (Å²) >= 11 is 1.39. The Balaban J connectivity index is 1.70. The summed E-state index contributed by atoms with van der Waals surface area (Å²) in [5.41, 5.74) is 4.19. The highest BCUT2D eigenvalue weighted by Crippen LogP contribution is 2.44. The van der Waals surface area contributed by atoms with E-state index in [0.29, 0.717) is 0 Å². The van der Waals surface area contributed by atoms with Gasteiger partial charge < -0.3 is 10.2 Å². The second kappa shape index (κ2) is 8.99. The van der Waals surface area contributed by atoms with Crippen molar-refractivity contribution in [2.75, 3.05) is 0 Å². The minimum Gasteiger partial charge on any atom is -0.507 e. The number of phenols is 2. The van der Waals surface area contributed by atoms with Crippen molar-refractivity contribution >= 4 is 11.8 Å². The first-order chi connectivity index (χ1) is 15.7. The number of benzene rings is 4. The number of rotatable bonds is 6. The van der Waals surface area contributed by atoms with Crippen molar-refractivity contribution in [2.24, 2.45) is 0 Å². The zero-order valence-corrected chi connectivity index (χ0v) is 20.4. The van der Waals surface area contributed by atoms with Crippen LogP contribution in [0.2, 0.25) is 0 Å². The lowest BCUT2D eigenvalue weighted by Gasteiger charge is -2.27. The highest BCUT2D eigenvalue weighted by Gasteiger charge is 2.26. The van der Waals surface area contributed by atoms with Gasteiger partial charge in [0.25, 0.3) is 0 Å². The summed E-state index contributed by atoms with van der Waals surface area (Å²) in [5.74, 6) is 0.416. The second-order valence-electron chi connectivity index (χ2n) is 9.45. The Morgan fingerprint density at radius 2 is 0.848 bits per heavy atom. The van der Waals surface area contributed by atoms with E-state index in [1.807, 2.05) is 60.7 Å². The average Bonchev–Trinajstić information content (AvgIpc) is 2.82. The van der Waals surface area contributed by atoms with Crippen LogP contribution in [0, 0.1) is 0 Å². The Bertz CT molecular complexity index is 1150. The van der Waals surface area contributed by atoms with Gasteiger partial charge in [-0.25, -0.2) is 0 Å². The number of aromatic hydroxyl groups is 2. The molecule has 2 nitrogen and oxygen atoms in total. The third-order valence-corrected chi connectivity index (χ3v) is 7.67. The molecule has 168 valence electrons. The van der Waals surface area contributed by atoms with Crippen LogP contribution in [0.5, 0.6) is 11.5 Å². The zero-order chi connectivity index (χ0) is 23.6. The predicted octanol–water partition coefficient (Wildman–Crippen LogP) is 7.90. The molecule has 2 N–H and O–H groups in total. The van der Waals surface area contributed by atoms with Gasteiger partial charge in [-0.3, -0.25) is 0 Å². The van der Waals surface area contributed by atoms with Gasteiger partial charge in [0, 0.05) is 10.8 Å². The summed E-state index contributed by atoms with van der Waals surface area (Å²) in [4.78, 5) is 1.45. The van der Waals surface area contributed by atoms with E-state index in [4.69, 9.17) is 0 Å². The summed E-state index contributed by atoms with van der Waals surface area (Å²) in [5, 5.41) is 21.3. The molecule has 0 bridgehead atoms. The van der Waals surface area contributed by atoms with Crippen molar-refractivity contribution in [3.8, 4) is 11.5 Å². The normalized spacial score (nSPS) is 12.0. The first kappa shape index (κ1) is 23.0. The van der Waals surface area contributed by atoms with Gasteiger partial charge in [-0.1, -0.05) is 112 Å². The van der Waals surface area contributed by atoms with Crippen molar-refractivity contribution in [1.29, 1.82) is 0 Å². The zero-order valence-electron chi connectivity index (χ0n) is 19.5. The van der Waals surface area contributed by atoms with Crippen LogP contribution in [0.15, 0.2) is 107 Å². The molecule has 0 spiro atoms. The van der Waals surface area contributed by atoms with Crippen molar-refractivity contribution in [3.05, 3.63) is 119 Å². The first-order valence-electron chi connectivity index (χ1n) is 11.2. The molecule has 0 saturated heterocycles. The molecule has 0 heterocycles. The molecule has 0 fully saturated rings. The van der Waals surface area contributed by atoms with Crippen LogP contribution >= 0.6 is 11.8 Å². The number of phenolic OH excluding ortho intramolecular Hbond substituents is 2. The third kappa shape index (κ3) is 4.65. The maximum atomic E-state index is 10.6. The van der Waals surface area contributed by atoms with E-state index >= 15 is 0 Å². The van der Waals surface area contributed by atoms with Gasteiger partial charge in [0.2, 0.25) is 0 Å². The van der Waals surface area contributed by atoms with E-state index in [1.54, 1.807) is 12.1 Å². The van der Waals surface area contributed by atoms with Gasteiger partial charge in [0.15, 0.2) is 0 Å². The molecule has 0 saturated carbocycles. The quantitative estimate of drug-likeness (QED) is 0.311. The van der Waals surface area contributed by atoms with Gasteiger partial charge in [-0.2, -0.15) is 0 Å². The van der Waals surface area contributed by atoms with Crippen LogP contribution < -0.4 is 0 Å². The summed E-state index contributed by atoms with van der Waals surface area (Å²) < 4.78 is 0. The van der Waals surface area contributed by atoms with Crippen LogP contribution in [0.25, 0.3) is 0 Å². The lowest BCUT2D eigenvalue weighted by Crippen LogP contribution is -2.19. The summed E-state index contributed by atoms with van der Waals surface area (Å²) in [6, 6.07) is 32.2. The van der Waals surface area contributed by atoms with E-state index < -0.39 is 0 Å². The van der Waals surface area contributed by atoms with Crippen LogP contribution in [0.4, 0.5) is 0 Å². The predicted molar refractivity (Wildman–Crippen MR) is 137 cm³/mol. The molecule has 0 aliphatic rings. The Labute approximate surface area is 201 Å². The highest BCUT2D eigenvalue weighted by atomic mass is 32.2. The third-order valence-electron chi connectivity index (χ3n) is 6.57. The lowest BCUT2D eigenvalue weighted by atomic mass is 9.78. The van der Waals surface area contributed by atoms with Gasteiger partial charge in [0.1, 0.15) is 11.5 Å². The summed E-state index contributed by atoms with van der Waals surface area (Å²) in [6.45, 7) is 8.74. The molecule has 4 aromatic carbocycles. The Morgan fingerprint density at radius 3 is 1.21 bits per heavy atom. The molecule has 0 aromatic heterocycles. The summed E-state index contributed by atoms with van der Waals surface area (Å²) in [6.07, 6.45) is 0. The Morgan fingerprint density at radius 1 is 0.485 bits per heavy atom. The molecule has 0 aliphatic heterocycles. The van der Waals surface area contributed by atoms with Gasteiger partial charge >= 0.3 is 0 Å². The molecule has 4 aromatic rings. The Hall–Kier alpha value is -3.17. The van der Waals surface area contributed by atoms with Crippen LogP contribution in [-0.4, -0.2) is 10.2 Å². The van der Waals surface area contributed by atoms with Gasteiger partial charge in [-0.15, -0.1) is 0 Å². The Kier molecular flexibility index (Phi) is 6.27. The molecular weight excluding hydrogens is 424 g/mol. The molecule has 0 radical (unpaired) electrons.